The standard InChI is InChI=1S/C13H18O3/c1-3-15-9-5-8-13(14)16-12-7-4-6-11(2)10-12/h4,6-7,10H,3,5,8-9H2,1-2H3. The van der Waals surface area contributed by atoms with E-state index >= 15 is 0 Å². The fourth-order valence-electron chi connectivity index (χ4n) is 1.32. The Morgan fingerprint density at radius 3 is 2.88 bits per heavy atom. The monoisotopic (exact) mass is 222 g/mol. The molecule has 3 nitrogen and oxygen atoms in total. The Balaban J connectivity index is 2.29. The molecular formula is C13H18O3. The van der Waals surface area contributed by atoms with Crippen molar-refractivity contribution in [3.63, 3.8) is 0 Å². The molecule has 1 aromatic rings. The number of esters is 1. The average molecular weight is 222 g/mol. The number of aryl methyl sites for hydroxylation is 1. The maximum atomic E-state index is 11.4. The van der Waals surface area contributed by atoms with Gasteiger partial charge < -0.3 is 9.47 Å². The molecule has 0 unspecified atom stereocenters. The van der Waals surface area contributed by atoms with Gasteiger partial charge in [-0.25, -0.2) is 0 Å². The molecule has 0 amide bonds. The second-order valence-electron chi connectivity index (χ2n) is 3.59. The smallest absolute Gasteiger partial charge is 0.311 e. The van der Waals surface area contributed by atoms with Crippen molar-refractivity contribution in [1.82, 2.24) is 0 Å². The SMILES string of the molecule is CCOCCCC(=O)Oc1cccc(C)c1. The van der Waals surface area contributed by atoms with Crippen LogP contribution in [0.25, 0.3) is 0 Å². The van der Waals surface area contributed by atoms with Gasteiger partial charge in [0.15, 0.2) is 0 Å². The molecule has 0 aliphatic rings. The van der Waals surface area contributed by atoms with E-state index < -0.39 is 0 Å². The van der Waals surface area contributed by atoms with Crippen LogP contribution in [0.2, 0.25) is 0 Å². The highest BCUT2D eigenvalue weighted by Gasteiger charge is 2.04. The lowest BCUT2D eigenvalue weighted by molar-refractivity contribution is -0.134. The van der Waals surface area contributed by atoms with Crippen LogP contribution < -0.4 is 4.74 Å². The van der Waals surface area contributed by atoms with Crippen LogP contribution in [0.3, 0.4) is 0 Å². The van der Waals surface area contributed by atoms with Crippen molar-refractivity contribution in [1.29, 1.82) is 0 Å². The first-order valence-corrected chi connectivity index (χ1v) is 5.57. The lowest BCUT2D eigenvalue weighted by Gasteiger charge is -2.05. The zero-order valence-electron chi connectivity index (χ0n) is 9.86. The highest BCUT2D eigenvalue weighted by molar-refractivity contribution is 5.72. The number of benzene rings is 1. The number of carbonyl (C=O) groups is 1. The molecule has 0 saturated carbocycles. The van der Waals surface area contributed by atoms with Gasteiger partial charge in [-0.05, 0) is 38.0 Å². The van der Waals surface area contributed by atoms with E-state index in [0.717, 1.165) is 5.56 Å². The predicted octanol–water partition coefficient (Wildman–Crippen LogP) is 2.72. The molecular weight excluding hydrogens is 204 g/mol. The van der Waals surface area contributed by atoms with Crippen LogP contribution in [0.1, 0.15) is 25.3 Å². The van der Waals surface area contributed by atoms with E-state index in [2.05, 4.69) is 0 Å². The molecule has 0 atom stereocenters. The van der Waals surface area contributed by atoms with E-state index in [1.807, 2.05) is 32.0 Å². The van der Waals surface area contributed by atoms with Gasteiger partial charge in [0.2, 0.25) is 0 Å². The lowest BCUT2D eigenvalue weighted by atomic mass is 10.2. The molecule has 3 heteroatoms. The molecule has 0 spiro atoms. The molecule has 88 valence electrons. The Morgan fingerprint density at radius 2 is 2.19 bits per heavy atom. The van der Waals surface area contributed by atoms with Gasteiger partial charge in [-0.15, -0.1) is 0 Å². The second-order valence-corrected chi connectivity index (χ2v) is 3.59. The van der Waals surface area contributed by atoms with Crippen LogP contribution in [0.4, 0.5) is 0 Å². The maximum Gasteiger partial charge on any atom is 0.311 e. The van der Waals surface area contributed by atoms with Crippen molar-refractivity contribution < 1.29 is 14.3 Å². The first-order valence-electron chi connectivity index (χ1n) is 5.57. The summed E-state index contributed by atoms with van der Waals surface area (Å²) < 4.78 is 10.3. The molecule has 0 aliphatic heterocycles. The Kier molecular flexibility index (Phi) is 5.57. The van der Waals surface area contributed by atoms with Gasteiger partial charge in [-0.3, -0.25) is 4.79 Å². The first kappa shape index (κ1) is 12.7. The van der Waals surface area contributed by atoms with E-state index in [-0.39, 0.29) is 5.97 Å². The minimum Gasteiger partial charge on any atom is -0.427 e. The summed E-state index contributed by atoms with van der Waals surface area (Å²) in [7, 11) is 0. The number of hydrogen-bond acceptors (Lipinski definition) is 3. The van der Waals surface area contributed by atoms with Crippen molar-refractivity contribution >= 4 is 5.97 Å². The van der Waals surface area contributed by atoms with Gasteiger partial charge in [-0.2, -0.15) is 0 Å². The summed E-state index contributed by atoms with van der Waals surface area (Å²) in [6, 6.07) is 7.47. The van der Waals surface area contributed by atoms with Gasteiger partial charge in [0.1, 0.15) is 5.75 Å². The van der Waals surface area contributed by atoms with Gasteiger partial charge in [0.05, 0.1) is 0 Å². The number of hydrogen-bond donors (Lipinski definition) is 0. The summed E-state index contributed by atoms with van der Waals surface area (Å²) in [5.41, 5.74) is 1.08. The van der Waals surface area contributed by atoms with Crippen molar-refractivity contribution in [2.75, 3.05) is 13.2 Å². The molecule has 0 saturated heterocycles. The number of carbonyl (C=O) groups excluding carboxylic acids is 1. The zero-order valence-corrected chi connectivity index (χ0v) is 9.86. The molecule has 0 aliphatic carbocycles. The molecule has 16 heavy (non-hydrogen) atoms. The summed E-state index contributed by atoms with van der Waals surface area (Å²) in [4.78, 5) is 11.4. The molecule has 0 heterocycles. The van der Waals surface area contributed by atoms with Crippen LogP contribution in [0.15, 0.2) is 24.3 Å². The Hall–Kier alpha value is -1.35. The third-order valence-electron chi connectivity index (χ3n) is 2.09. The maximum absolute atomic E-state index is 11.4. The Morgan fingerprint density at radius 1 is 1.38 bits per heavy atom. The molecule has 1 rings (SSSR count). The summed E-state index contributed by atoms with van der Waals surface area (Å²) in [5, 5.41) is 0. The molecule has 0 radical (unpaired) electrons. The third kappa shape index (κ3) is 4.94. The molecule has 0 bridgehead atoms. The molecule has 0 aromatic heterocycles. The van der Waals surface area contributed by atoms with E-state index in [0.29, 0.717) is 31.8 Å². The van der Waals surface area contributed by atoms with E-state index in [1.54, 1.807) is 6.07 Å². The first-order chi connectivity index (χ1) is 7.72. The second kappa shape index (κ2) is 7.01. The van der Waals surface area contributed by atoms with E-state index in [1.165, 1.54) is 0 Å². The fourth-order valence-corrected chi connectivity index (χ4v) is 1.32. The zero-order chi connectivity index (χ0) is 11.8. The predicted molar refractivity (Wildman–Crippen MR) is 62.5 cm³/mol. The number of rotatable bonds is 6. The highest BCUT2D eigenvalue weighted by Crippen LogP contribution is 2.13. The number of ether oxygens (including phenoxy) is 2. The molecule has 0 fully saturated rings. The summed E-state index contributed by atoms with van der Waals surface area (Å²) in [6.07, 6.45) is 1.10. The molecule has 0 N–H and O–H groups in total. The Bertz CT molecular complexity index is 334. The van der Waals surface area contributed by atoms with Crippen molar-refractivity contribution in [2.24, 2.45) is 0 Å². The minimum absolute atomic E-state index is 0.203. The van der Waals surface area contributed by atoms with Crippen LogP contribution in [0, 0.1) is 6.92 Å². The van der Waals surface area contributed by atoms with Gasteiger partial charge >= 0.3 is 5.97 Å². The van der Waals surface area contributed by atoms with E-state index in [4.69, 9.17) is 9.47 Å². The summed E-state index contributed by atoms with van der Waals surface area (Å²) in [5.74, 6) is 0.409. The fraction of sp³-hybridized carbons (Fsp3) is 0.462. The summed E-state index contributed by atoms with van der Waals surface area (Å²) in [6.45, 7) is 5.20. The quantitative estimate of drug-likeness (QED) is 0.422. The van der Waals surface area contributed by atoms with Crippen molar-refractivity contribution in [3.05, 3.63) is 29.8 Å². The average Bonchev–Trinajstić information content (AvgIpc) is 2.24. The Labute approximate surface area is 96.4 Å². The molecule has 1 aromatic carbocycles. The van der Waals surface area contributed by atoms with Gasteiger partial charge in [0, 0.05) is 19.6 Å². The van der Waals surface area contributed by atoms with Gasteiger partial charge in [0.25, 0.3) is 0 Å². The topological polar surface area (TPSA) is 35.5 Å². The van der Waals surface area contributed by atoms with E-state index in [9.17, 15) is 4.79 Å². The van der Waals surface area contributed by atoms with Crippen molar-refractivity contribution in [3.8, 4) is 5.75 Å². The third-order valence-corrected chi connectivity index (χ3v) is 2.09. The van der Waals surface area contributed by atoms with Crippen LogP contribution in [0.5, 0.6) is 5.75 Å². The van der Waals surface area contributed by atoms with Crippen LogP contribution in [-0.4, -0.2) is 19.2 Å². The summed E-state index contributed by atoms with van der Waals surface area (Å²) >= 11 is 0. The van der Waals surface area contributed by atoms with Crippen LogP contribution in [-0.2, 0) is 9.53 Å². The minimum atomic E-state index is -0.203. The van der Waals surface area contributed by atoms with Crippen molar-refractivity contribution in [2.45, 2.75) is 26.7 Å². The van der Waals surface area contributed by atoms with Gasteiger partial charge in [-0.1, -0.05) is 12.1 Å². The normalized spacial score (nSPS) is 10.1. The highest BCUT2D eigenvalue weighted by atomic mass is 16.5. The largest absolute Gasteiger partial charge is 0.427 e. The van der Waals surface area contributed by atoms with Crippen LogP contribution >= 0.6 is 0 Å². The lowest BCUT2D eigenvalue weighted by Crippen LogP contribution is -2.09.